The summed E-state index contributed by atoms with van der Waals surface area (Å²) < 4.78 is 287. The molecule has 0 heterocycles. The van der Waals surface area contributed by atoms with Crippen LogP contribution in [-0.4, -0.2) is 72.0 Å². The molecule has 0 saturated carbocycles. The molecular weight excluding hydrogens is 603 g/mol. The summed E-state index contributed by atoms with van der Waals surface area (Å²) in [6, 6.07) is 0. The van der Waals surface area contributed by atoms with E-state index in [0.29, 0.717) is 0 Å². The van der Waals surface area contributed by atoms with E-state index in [9.17, 15) is 101 Å². The van der Waals surface area contributed by atoms with Crippen molar-refractivity contribution in [2.45, 2.75) is 59.1 Å². The Balaban J connectivity index is 0. The van der Waals surface area contributed by atoms with Gasteiger partial charge in [0.15, 0.2) is 0 Å². The van der Waals surface area contributed by atoms with Gasteiger partial charge in [-0.15, -0.1) is 0 Å². The van der Waals surface area contributed by atoms with E-state index in [0.717, 1.165) is 0 Å². The second-order valence-corrected chi connectivity index (χ2v) is 7.35. The summed E-state index contributed by atoms with van der Waals surface area (Å²) in [7, 11) is -7.58. The molecule has 0 aromatic rings. The molecule has 206 valence electrons. The van der Waals surface area contributed by atoms with E-state index in [-0.39, 0.29) is 29.6 Å². The van der Waals surface area contributed by atoms with E-state index in [1.807, 2.05) is 0 Å². The monoisotopic (exact) mass is 604 g/mol. The van der Waals surface area contributed by atoms with Crippen molar-refractivity contribution >= 4 is 10.1 Å². The summed E-state index contributed by atoms with van der Waals surface area (Å²) in [5.74, 6) is -70.8. The normalized spacial score (nSPS) is 17.2. The maximum absolute atomic E-state index is 13.3. The van der Waals surface area contributed by atoms with Crippen LogP contribution in [-0.2, 0) is 10.1 Å². The van der Waals surface area contributed by atoms with Crippen LogP contribution < -0.4 is 29.6 Å². The number of hydrogen-bond donors (Lipinski definition) is 0. The average molecular weight is 604 g/mol. The summed E-state index contributed by atoms with van der Waals surface area (Å²) in [4.78, 5) is 0. The van der Waals surface area contributed by atoms with Gasteiger partial charge in [-0.05, 0) is 0 Å². The van der Waals surface area contributed by atoms with Crippen LogP contribution in [0.3, 0.4) is 0 Å². The summed E-state index contributed by atoms with van der Waals surface area (Å²) in [6.07, 6.45) is -8.03. The molecule has 0 N–H and O–H groups in total. The molecule has 35 heavy (non-hydrogen) atoms. The van der Waals surface area contributed by atoms with Crippen LogP contribution in [0.15, 0.2) is 0 Å². The smallest absolute Gasteiger partial charge is 0.746 e. The fourth-order valence-corrected chi connectivity index (χ4v) is 2.21. The number of hydrogen-bond acceptors (Lipinski definition) is 3. The van der Waals surface area contributed by atoms with Crippen molar-refractivity contribution in [3.8, 4) is 0 Å². The van der Waals surface area contributed by atoms with Gasteiger partial charge in [0.25, 0.3) is 5.50 Å². The summed E-state index contributed by atoms with van der Waals surface area (Å²) >= 11 is 0. The molecule has 0 spiro atoms. The predicted octanol–water partition coefficient (Wildman–Crippen LogP) is 2.48. The van der Waals surface area contributed by atoms with Crippen LogP contribution >= 0.6 is 0 Å². The molecule has 1 unspecified atom stereocenters. The van der Waals surface area contributed by atoms with Crippen molar-refractivity contribution in [3.05, 3.63) is 0 Å². The van der Waals surface area contributed by atoms with Gasteiger partial charge in [0, 0.05) is 0 Å². The van der Waals surface area contributed by atoms with Crippen LogP contribution in [0.5, 0.6) is 0 Å². The first-order valence-corrected chi connectivity index (χ1v) is 8.30. The van der Waals surface area contributed by atoms with E-state index < -0.39 is 69.2 Å². The zero-order valence-electron chi connectivity index (χ0n) is 15.3. The van der Waals surface area contributed by atoms with Gasteiger partial charge in [0.2, 0.25) is 0 Å². The Bertz CT molecular complexity index is 876. The first-order valence-electron chi connectivity index (χ1n) is 6.83. The molecule has 0 aliphatic carbocycles. The molecular formula is C10HF20NaO3S. The zero-order valence-corrected chi connectivity index (χ0v) is 18.1. The Labute approximate surface area is 199 Å². The average Bonchev–Trinajstić information content (AvgIpc) is 2.57. The molecule has 3 nitrogen and oxygen atoms in total. The van der Waals surface area contributed by atoms with Crippen molar-refractivity contribution in [2.24, 2.45) is 0 Å². The quantitative estimate of drug-likeness (QED) is 0.231. The van der Waals surface area contributed by atoms with Crippen LogP contribution in [0, 0.1) is 0 Å². The molecule has 0 aromatic heterocycles. The molecule has 0 aliphatic rings. The van der Waals surface area contributed by atoms with E-state index in [1.54, 1.807) is 0 Å². The summed E-state index contributed by atoms with van der Waals surface area (Å²) in [6.45, 7) is 0. The Morgan fingerprint density at radius 1 is 0.457 bits per heavy atom. The van der Waals surface area contributed by atoms with E-state index in [1.165, 1.54) is 0 Å². The van der Waals surface area contributed by atoms with Gasteiger partial charge in [-0.25, -0.2) is 12.8 Å². The third-order valence-corrected chi connectivity index (χ3v) is 4.48. The first-order chi connectivity index (χ1) is 14.2. The SMILES string of the molecule is O=S(=O)([O-])C(F)C(F)(F)C(F)(F)C(F)(F)C(F)(F)C(F)(F)C(F)(F)C(F)(F)C(F)(F)C(F)(F)F.[Na+]. The Morgan fingerprint density at radius 3 is 0.857 bits per heavy atom. The Kier molecular flexibility index (Phi) is 9.50. The number of rotatable bonds is 9. The Hall–Kier alpha value is -0.490. The number of alkyl halides is 20. The fourth-order valence-electron chi connectivity index (χ4n) is 1.70. The van der Waals surface area contributed by atoms with E-state index in [2.05, 4.69) is 0 Å². The van der Waals surface area contributed by atoms with Crippen molar-refractivity contribution in [1.29, 1.82) is 0 Å². The van der Waals surface area contributed by atoms with Crippen molar-refractivity contribution in [2.75, 3.05) is 0 Å². The number of halogens is 20. The maximum Gasteiger partial charge on any atom is 1.00 e. The van der Waals surface area contributed by atoms with Crippen molar-refractivity contribution < 1.29 is 130 Å². The minimum absolute atomic E-state index is 0. The fraction of sp³-hybridized carbons (Fsp3) is 1.00. The Morgan fingerprint density at radius 2 is 0.657 bits per heavy atom. The van der Waals surface area contributed by atoms with Gasteiger partial charge in [0.05, 0.1) is 0 Å². The molecule has 0 rings (SSSR count). The molecule has 0 bridgehead atoms. The molecule has 0 radical (unpaired) electrons. The van der Waals surface area contributed by atoms with E-state index >= 15 is 0 Å². The second kappa shape index (κ2) is 9.06. The van der Waals surface area contributed by atoms with Crippen LogP contribution in [0.25, 0.3) is 0 Å². The molecule has 0 aliphatic heterocycles. The molecule has 0 aromatic carbocycles. The third-order valence-electron chi connectivity index (χ3n) is 3.68. The first kappa shape index (κ1) is 36.7. The third kappa shape index (κ3) is 4.77. The van der Waals surface area contributed by atoms with Crippen LogP contribution in [0.1, 0.15) is 0 Å². The van der Waals surface area contributed by atoms with Gasteiger partial charge in [0.1, 0.15) is 10.1 Å². The van der Waals surface area contributed by atoms with Gasteiger partial charge in [-0.2, -0.15) is 83.4 Å². The minimum atomic E-state index is -9.23. The molecule has 25 heteroatoms. The zero-order chi connectivity index (χ0) is 28.6. The summed E-state index contributed by atoms with van der Waals surface area (Å²) in [5.41, 5.74) is -6.23. The van der Waals surface area contributed by atoms with Crippen molar-refractivity contribution in [3.63, 3.8) is 0 Å². The topological polar surface area (TPSA) is 57.2 Å². The predicted molar refractivity (Wildman–Crippen MR) is 60.2 cm³/mol. The van der Waals surface area contributed by atoms with Crippen LogP contribution in [0.2, 0.25) is 0 Å². The molecule has 0 saturated heterocycles. The summed E-state index contributed by atoms with van der Waals surface area (Å²) in [5, 5.41) is 0. The van der Waals surface area contributed by atoms with Crippen molar-refractivity contribution in [1.82, 2.24) is 0 Å². The molecule has 1 atom stereocenters. The van der Waals surface area contributed by atoms with Gasteiger partial charge in [-0.3, -0.25) is 0 Å². The standard InChI is InChI=1S/C10H2F20O3S.Na/c11-1(34(31,32)33)2(12,13)3(14,15)4(16,17)5(18,19)6(20,21)7(22,23)8(24,25)9(26,27)10(28,29)30;/h1H,(H,31,32,33);/q;+1/p-1. The minimum Gasteiger partial charge on any atom is -0.746 e. The van der Waals surface area contributed by atoms with E-state index in [4.69, 9.17) is 0 Å². The molecule has 0 amide bonds. The van der Waals surface area contributed by atoms with Crippen LogP contribution in [0.4, 0.5) is 87.8 Å². The largest absolute Gasteiger partial charge is 1.00 e. The van der Waals surface area contributed by atoms with Gasteiger partial charge >= 0.3 is 83.1 Å². The second-order valence-electron chi connectivity index (χ2n) is 5.95. The molecule has 0 fully saturated rings. The van der Waals surface area contributed by atoms with Gasteiger partial charge in [-0.1, -0.05) is 0 Å². The van der Waals surface area contributed by atoms with Gasteiger partial charge < -0.3 is 4.55 Å². The maximum atomic E-state index is 13.3.